The van der Waals surface area contributed by atoms with Crippen molar-refractivity contribution in [1.82, 2.24) is 10.3 Å². The van der Waals surface area contributed by atoms with E-state index in [0.717, 1.165) is 16.1 Å². The van der Waals surface area contributed by atoms with Gasteiger partial charge in [-0.3, -0.25) is 4.79 Å². The van der Waals surface area contributed by atoms with Gasteiger partial charge in [-0.15, -0.1) is 11.3 Å². The van der Waals surface area contributed by atoms with Crippen LogP contribution in [0.4, 0.5) is 4.39 Å². The van der Waals surface area contributed by atoms with E-state index >= 15 is 0 Å². The number of nitrogens with zero attached hydrogens (tertiary/aromatic N) is 1. The Labute approximate surface area is 203 Å². The summed E-state index contributed by atoms with van der Waals surface area (Å²) in [5.74, 6) is -0.682. The highest BCUT2D eigenvalue weighted by Gasteiger charge is 2.42. The third-order valence-electron chi connectivity index (χ3n) is 6.20. The quantitative estimate of drug-likeness (QED) is 0.514. The lowest BCUT2D eigenvalue weighted by molar-refractivity contribution is -0.123. The lowest BCUT2D eigenvalue weighted by atomic mass is 9.92. The third kappa shape index (κ3) is 5.54. The minimum Gasteiger partial charge on any atom is -0.344 e. The van der Waals surface area contributed by atoms with E-state index in [-0.39, 0.29) is 48.9 Å². The number of nitrogens with two attached hydrogens (primary N) is 1. The van der Waals surface area contributed by atoms with Crippen LogP contribution >= 0.6 is 11.3 Å². The van der Waals surface area contributed by atoms with E-state index in [0.29, 0.717) is 10.6 Å². The van der Waals surface area contributed by atoms with Crippen LogP contribution in [-0.4, -0.2) is 36.9 Å². The number of benzene rings is 2. The molecule has 0 bridgehead atoms. The topological polar surface area (TPSA) is 102 Å². The number of aromatic nitrogens is 1. The van der Waals surface area contributed by atoms with Crippen molar-refractivity contribution >= 4 is 27.1 Å². The number of aryl methyl sites for hydroxylation is 1. The first-order valence-electron chi connectivity index (χ1n) is 11.2. The van der Waals surface area contributed by atoms with Crippen molar-refractivity contribution in [3.8, 4) is 11.3 Å². The predicted molar refractivity (Wildman–Crippen MR) is 133 cm³/mol. The van der Waals surface area contributed by atoms with E-state index in [4.69, 9.17) is 10.7 Å². The molecule has 1 fully saturated rings. The van der Waals surface area contributed by atoms with Crippen LogP contribution in [-0.2, 0) is 26.6 Å². The number of amides is 1. The van der Waals surface area contributed by atoms with Crippen molar-refractivity contribution in [1.29, 1.82) is 0 Å². The van der Waals surface area contributed by atoms with Crippen molar-refractivity contribution in [2.45, 2.75) is 44.2 Å². The Morgan fingerprint density at radius 1 is 1.15 bits per heavy atom. The number of carbonyl (C=O) groups is 1. The number of sulfone groups is 1. The van der Waals surface area contributed by atoms with Gasteiger partial charge in [0.05, 0.1) is 22.7 Å². The second kappa shape index (κ2) is 9.93. The van der Waals surface area contributed by atoms with Crippen LogP contribution in [0.3, 0.4) is 0 Å². The van der Waals surface area contributed by atoms with E-state index in [1.807, 2.05) is 37.3 Å². The minimum absolute atomic E-state index is 0.00126. The first kappa shape index (κ1) is 24.5. The first-order chi connectivity index (χ1) is 16.2. The highest BCUT2D eigenvalue weighted by molar-refractivity contribution is 7.91. The Morgan fingerprint density at radius 3 is 2.47 bits per heavy atom. The van der Waals surface area contributed by atoms with Gasteiger partial charge in [0, 0.05) is 22.9 Å². The molecule has 2 aromatic carbocycles. The number of rotatable bonds is 7. The van der Waals surface area contributed by atoms with Crippen molar-refractivity contribution in [3.05, 3.63) is 75.9 Å². The summed E-state index contributed by atoms with van der Waals surface area (Å²) in [5, 5.41) is 3.78. The molecule has 1 atom stereocenters. The van der Waals surface area contributed by atoms with Crippen LogP contribution in [0, 0.1) is 12.7 Å². The van der Waals surface area contributed by atoms with Crippen LogP contribution in [0.15, 0.2) is 54.6 Å². The maximum Gasteiger partial charge on any atom is 0.222 e. The first-order valence-corrected chi connectivity index (χ1v) is 13.8. The summed E-state index contributed by atoms with van der Waals surface area (Å²) >= 11 is 1.48. The zero-order valence-corrected chi connectivity index (χ0v) is 20.6. The van der Waals surface area contributed by atoms with E-state index in [1.54, 1.807) is 18.2 Å². The second-order valence-corrected chi connectivity index (χ2v) is 12.3. The van der Waals surface area contributed by atoms with Crippen molar-refractivity contribution < 1.29 is 17.6 Å². The van der Waals surface area contributed by atoms with Gasteiger partial charge in [-0.25, -0.2) is 17.8 Å². The minimum atomic E-state index is -3.16. The Balaban J connectivity index is 1.56. The van der Waals surface area contributed by atoms with Crippen LogP contribution in [0.1, 0.15) is 34.7 Å². The van der Waals surface area contributed by atoms with Gasteiger partial charge in [0.25, 0.3) is 0 Å². The van der Waals surface area contributed by atoms with Gasteiger partial charge in [0.1, 0.15) is 10.8 Å². The van der Waals surface area contributed by atoms with E-state index in [9.17, 15) is 17.6 Å². The van der Waals surface area contributed by atoms with Crippen LogP contribution in [0.25, 0.3) is 11.3 Å². The van der Waals surface area contributed by atoms with Gasteiger partial charge >= 0.3 is 0 Å². The molecule has 2 heterocycles. The summed E-state index contributed by atoms with van der Waals surface area (Å²) in [6.07, 6.45) is 0.740. The number of carbonyl (C=O) groups excluding carboxylic acids is 1. The van der Waals surface area contributed by atoms with Crippen molar-refractivity contribution in [2.24, 2.45) is 5.73 Å². The number of hydrogen-bond donors (Lipinski definition) is 2. The normalized spacial score (nSPS) is 17.7. The van der Waals surface area contributed by atoms with Gasteiger partial charge in [-0.1, -0.05) is 48.5 Å². The number of halogens is 1. The molecule has 0 aliphatic carbocycles. The molecule has 0 spiro atoms. The van der Waals surface area contributed by atoms with Gasteiger partial charge in [-0.05, 0) is 37.8 Å². The number of thiazole rings is 1. The Morgan fingerprint density at radius 2 is 1.79 bits per heavy atom. The summed E-state index contributed by atoms with van der Waals surface area (Å²) in [6.45, 7) is 1.98. The molecule has 4 rings (SSSR count). The largest absolute Gasteiger partial charge is 0.344 e. The van der Waals surface area contributed by atoms with E-state index in [2.05, 4.69) is 5.32 Å². The highest BCUT2D eigenvalue weighted by Crippen LogP contribution is 2.39. The molecule has 0 radical (unpaired) electrons. The number of nitrogens with one attached hydrogen (secondary N) is 1. The lowest BCUT2D eigenvalue weighted by Crippen LogP contribution is -2.51. The molecule has 1 aliphatic heterocycles. The molecule has 1 aromatic heterocycles. The molecular weight excluding hydrogens is 473 g/mol. The average Bonchev–Trinajstić information content (AvgIpc) is 3.20. The summed E-state index contributed by atoms with van der Waals surface area (Å²) in [4.78, 5) is 18.9. The van der Waals surface area contributed by atoms with Crippen LogP contribution in [0.2, 0.25) is 0 Å². The second-order valence-electron chi connectivity index (χ2n) is 8.83. The van der Waals surface area contributed by atoms with Gasteiger partial charge in [0.15, 0.2) is 9.84 Å². The van der Waals surface area contributed by atoms with E-state index in [1.165, 1.54) is 17.4 Å². The van der Waals surface area contributed by atoms with Crippen LogP contribution in [0.5, 0.6) is 0 Å². The maximum absolute atomic E-state index is 14.0. The predicted octanol–water partition coefficient (Wildman–Crippen LogP) is 3.74. The standard InChI is InChI=1S/C25H28FN3O3S2/c1-17-23(18-7-3-2-4-8-18)28-24(33-17)25(11-13-34(31,32)14-12-25)29-22(30)16-20(27)15-19-9-5-6-10-21(19)26/h2-10,20H,11-16,27H2,1H3,(H,29,30)/t20-/m1/s1. The smallest absolute Gasteiger partial charge is 0.222 e. The fourth-order valence-electron chi connectivity index (χ4n) is 4.32. The van der Waals surface area contributed by atoms with Gasteiger partial charge in [-0.2, -0.15) is 0 Å². The molecule has 1 amide bonds. The molecular formula is C25H28FN3O3S2. The van der Waals surface area contributed by atoms with E-state index < -0.39 is 21.4 Å². The Hall–Kier alpha value is -2.62. The van der Waals surface area contributed by atoms with Crippen molar-refractivity contribution in [2.75, 3.05) is 11.5 Å². The zero-order valence-electron chi connectivity index (χ0n) is 19.0. The molecule has 0 unspecified atom stereocenters. The lowest BCUT2D eigenvalue weighted by Gasteiger charge is -2.36. The summed E-state index contributed by atoms with van der Waals surface area (Å²) in [6, 6.07) is 15.6. The maximum atomic E-state index is 14.0. The molecule has 180 valence electrons. The number of hydrogen-bond acceptors (Lipinski definition) is 6. The third-order valence-corrected chi connectivity index (χ3v) is 9.03. The Bertz CT molecular complexity index is 1260. The molecule has 3 N–H and O–H groups in total. The fraction of sp³-hybridized carbons (Fsp3) is 0.360. The van der Waals surface area contributed by atoms with Gasteiger partial charge in [0.2, 0.25) is 5.91 Å². The van der Waals surface area contributed by atoms with Crippen molar-refractivity contribution in [3.63, 3.8) is 0 Å². The summed E-state index contributed by atoms with van der Waals surface area (Å²) in [7, 11) is -3.16. The molecule has 9 heteroatoms. The average molecular weight is 502 g/mol. The monoisotopic (exact) mass is 501 g/mol. The van der Waals surface area contributed by atoms with Crippen LogP contribution < -0.4 is 11.1 Å². The molecule has 34 heavy (non-hydrogen) atoms. The molecule has 6 nitrogen and oxygen atoms in total. The fourth-order valence-corrected chi connectivity index (χ4v) is 6.98. The molecule has 1 aliphatic rings. The summed E-state index contributed by atoms with van der Waals surface area (Å²) < 4.78 is 38.3. The molecule has 3 aromatic rings. The molecule has 1 saturated heterocycles. The van der Waals surface area contributed by atoms with Gasteiger partial charge < -0.3 is 11.1 Å². The Kier molecular flexibility index (Phi) is 7.16. The highest BCUT2D eigenvalue weighted by atomic mass is 32.2. The molecule has 0 saturated carbocycles. The SMILES string of the molecule is Cc1sc(C2(NC(=O)C[C@H](N)Cc3ccccc3F)CCS(=O)(=O)CC2)nc1-c1ccccc1. The zero-order chi connectivity index (χ0) is 24.3. The summed E-state index contributed by atoms with van der Waals surface area (Å²) in [5.41, 5.74) is 7.57.